The number of likely N-dealkylation sites (N-methyl/N-ethyl adjacent to an activating group) is 1. The van der Waals surface area contributed by atoms with E-state index in [1.54, 1.807) is 32.2 Å². The van der Waals surface area contributed by atoms with Crippen molar-refractivity contribution in [2.24, 2.45) is 0 Å². The van der Waals surface area contributed by atoms with Gasteiger partial charge in [-0.2, -0.15) is 5.26 Å². The lowest BCUT2D eigenvalue weighted by Crippen LogP contribution is -2.23. The topological polar surface area (TPSA) is 71.4 Å². The number of carbonyl (C=O) groups is 1. The first-order valence-electron chi connectivity index (χ1n) is 8.33. The second kappa shape index (κ2) is 9.28. The van der Waals surface area contributed by atoms with E-state index in [2.05, 4.69) is 5.32 Å². The van der Waals surface area contributed by atoms with E-state index in [9.17, 15) is 4.79 Å². The highest BCUT2D eigenvalue weighted by Gasteiger charge is 2.10. The van der Waals surface area contributed by atoms with Gasteiger partial charge in [-0.15, -0.1) is 0 Å². The summed E-state index contributed by atoms with van der Waals surface area (Å²) in [6.45, 7) is 4.73. The maximum absolute atomic E-state index is 11.8. The highest BCUT2D eigenvalue weighted by atomic mass is 16.5. The third-order valence-electron chi connectivity index (χ3n) is 3.72. The van der Waals surface area contributed by atoms with Crippen LogP contribution in [-0.2, 0) is 11.4 Å². The molecule has 0 fully saturated rings. The van der Waals surface area contributed by atoms with E-state index in [0.29, 0.717) is 30.2 Å². The smallest absolute Gasteiger partial charge is 0.261 e. The number of nitriles is 1. The number of amides is 1. The molecule has 0 spiro atoms. The normalized spacial score (nSPS) is 10.8. The van der Waals surface area contributed by atoms with Gasteiger partial charge in [0.15, 0.2) is 11.5 Å². The first kappa shape index (κ1) is 19.1. The second-order valence-corrected chi connectivity index (χ2v) is 5.71. The van der Waals surface area contributed by atoms with E-state index in [0.717, 1.165) is 5.56 Å². The maximum atomic E-state index is 11.8. The Hall–Kier alpha value is -3.26. The summed E-state index contributed by atoms with van der Waals surface area (Å²) in [5.41, 5.74) is 2.99. The first-order valence-corrected chi connectivity index (χ1v) is 8.33. The van der Waals surface area contributed by atoms with Gasteiger partial charge in [-0.1, -0.05) is 35.9 Å². The Morgan fingerprint density at radius 1 is 1.19 bits per heavy atom. The van der Waals surface area contributed by atoms with E-state index in [1.807, 2.05) is 37.3 Å². The molecule has 1 N–H and O–H groups in total. The second-order valence-electron chi connectivity index (χ2n) is 5.71. The van der Waals surface area contributed by atoms with Crippen molar-refractivity contribution in [3.63, 3.8) is 0 Å². The van der Waals surface area contributed by atoms with Crippen molar-refractivity contribution in [1.82, 2.24) is 5.32 Å². The van der Waals surface area contributed by atoms with Gasteiger partial charge in [-0.3, -0.25) is 4.79 Å². The van der Waals surface area contributed by atoms with Gasteiger partial charge < -0.3 is 14.8 Å². The van der Waals surface area contributed by atoms with Crippen molar-refractivity contribution in [3.05, 3.63) is 64.7 Å². The Kier molecular flexibility index (Phi) is 6.81. The average molecular weight is 350 g/mol. The molecule has 0 saturated heterocycles. The SMILES string of the molecule is CCNC(=O)/C(C#N)=C/c1ccc(OCc2ccc(C)cc2)c(OC)c1. The van der Waals surface area contributed by atoms with E-state index in [-0.39, 0.29) is 5.57 Å². The summed E-state index contributed by atoms with van der Waals surface area (Å²) in [7, 11) is 1.55. The van der Waals surface area contributed by atoms with Crippen LogP contribution in [0.2, 0.25) is 0 Å². The van der Waals surface area contributed by atoms with Crippen molar-refractivity contribution >= 4 is 12.0 Å². The highest BCUT2D eigenvalue weighted by molar-refractivity contribution is 6.01. The highest BCUT2D eigenvalue weighted by Crippen LogP contribution is 2.29. The summed E-state index contributed by atoms with van der Waals surface area (Å²) in [4.78, 5) is 11.8. The molecule has 0 unspecified atom stereocenters. The monoisotopic (exact) mass is 350 g/mol. The van der Waals surface area contributed by atoms with E-state index >= 15 is 0 Å². The molecular weight excluding hydrogens is 328 g/mol. The number of carbonyl (C=O) groups excluding carboxylic acids is 1. The number of methoxy groups -OCH3 is 1. The fourth-order valence-electron chi connectivity index (χ4n) is 2.31. The van der Waals surface area contributed by atoms with E-state index in [4.69, 9.17) is 14.7 Å². The molecule has 0 aromatic heterocycles. The minimum absolute atomic E-state index is 0.0437. The lowest BCUT2D eigenvalue weighted by molar-refractivity contribution is -0.116. The summed E-state index contributed by atoms with van der Waals surface area (Å²) in [6.07, 6.45) is 1.53. The molecule has 0 atom stereocenters. The number of nitrogens with one attached hydrogen (secondary N) is 1. The molecule has 5 heteroatoms. The molecule has 2 aromatic carbocycles. The molecule has 2 aromatic rings. The fourth-order valence-corrected chi connectivity index (χ4v) is 2.31. The Morgan fingerprint density at radius 3 is 2.54 bits per heavy atom. The summed E-state index contributed by atoms with van der Waals surface area (Å²) in [5.74, 6) is 0.745. The predicted octanol–water partition coefficient (Wildman–Crippen LogP) is 3.63. The van der Waals surface area contributed by atoms with Gasteiger partial charge in [-0.25, -0.2) is 0 Å². The number of aryl methyl sites for hydroxylation is 1. The van der Waals surface area contributed by atoms with Crippen LogP contribution in [-0.4, -0.2) is 19.6 Å². The van der Waals surface area contributed by atoms with Crippen LogP contribution < -0.4 is 14.8 Å². The van der Waals surface area contributed by atoms with Gasteiger partial charge in [0.1, 0.15) is 18.2 Å². The van der Waals surface area contributed by atoms with Crippen molar-refractivity contribution in [1.29, 1.82) is 5.26 Å². The summed E-state index contributed by atoms with van der Waals surface area (Å²) < 4.78 is 11.2. The minimum Gasteiger partial charge on any atom is -0.493 e. The molecule has 0 bridgehead atoms. The van der Waals surface area contributed by atoms with Gasteiger partial charge in [0, 0.05) is 6.54 Å². The molecular formula is C21H22N2O3. The van der Waals surface area contributed by atoms with Crippen LogP contribution in [0.5, 0.6) is 11.5 Å². The molecule has 0 radical (unpaired) electrons. The number of hydrogen-bond acceptors (Lipinski definition) is 4. The van der Waals surface area contributed by atoms with Gasteiger partial charge in [0.05, 0.1) is 7.11 Å². The van der Waals surface area contributed by atoms with Crippen molar-refractivity contribution < 1.29 is 14.3 Å². The first-order chi connectivity index (χ1) is 12.6. The zero-order chi connectivity index (χ0) is 18.9. The quantitative estimate of drug-likeness (QED) is 0.611. The standard InChI is InChI=1S/C21H22N2O3/c1-4-23-21(24)18(13-22)11-17-9-10-19(20(12-17)25-3)26-14-16-7-5-15(2)6-8-16/h5-12H,4,14H2,1-3H3,(H,23,24)/b18-11+. The maximum Gasteiger partial charge on any atom is 0.261 e. The third kappa shape index (κ3) is 5.12. The van der Waals surface area contributed by atoms with Crippen LogP contribution in [0, 0.1) is 18.3 Å². The summed E-state index contributed by atoms with van der Waals surface area (Å²) in [5, 5.41) is 11.8. The van der Waals surface area contributed by atoms with Crippen LogP contribution >= 0.6 is 0 Å². The zero-order valence-electron chi connectivity index (χ0n) is 15.2. The number of nitrogens with zero attached hydrogens (tertiary/aromatic N) is 1. The van der Waals surface area contributed by atoms with Gasteiger partial charge in [-0.05, 0) is 43.2 Å². The predicted molar refractivity (Wildman–Crippen MR) is 101 cm³/mol. The largest absolute Gasteiger partial charge is 0.493 e. The molecule has 134 valence electrons. The number of benzene rings is 2. The summed E-state index contributed by atoms with van der Waals surface area (Å²) in [6, 6.07) is 15.3. The number of ether oxygens (including phenoxy) is 2. The number of hydrogen-bond donors (Lipinski definition) is 1. The Morgan fingerprint density at radius 2 is 1.92 bits per heavy atom. The van der Waals surface area contributed by atoms with Gasteiger partial charge in [0.2, 0.25) is 0 Å². The van der Waals surface area contributed by atoms with Crippen LogP contribution in [0.25, 0.3) is 6.08 Å². The Labute approximate surface area is 153 Å². The van der Waals surface area contributed by atoms with Crippen molar-refractivity contribution in [2.75, 3.05) is 13.7 Å². The van der Waals surface area contributed by atoms with E-state index < -0.39 is 5.91 Å². The number of rotatable bonds is 7. The van der Waals surface area contributed by atoms with Crippen LogP contribution in [0.3, 0.4) is 0 Å². The van der Waals surface area contributed by atoms with Crippen molar-refractivity contribution in [3.8, 4) is 17.6 Å². The minimum atomic E-state index is -0.395. The Bertz CT molecular complexity index is 833. The molecule has 5 nitrogen and oxygen atoms in total. The van der Waals surface area contributed by atoms with Gasteiger partial charge >= 0.3 is 0 Å². The van der Waals surface area contributed by atoms with Crippen LogP contribution in [0.15, 0.2) is 48.0 Å². The molecule has 2 rings (SSSR count). The molecule has 26 heavy (non-hydrogen) atoms. The van der Waals surface area contributed by atoms with Crippen molar-refractivity contribution in [2.45, 2.75) is 20.5 Å². The van der Waals surface area contributed by atoms with Crippen LogP contribution in [0.4, 0.5) is 0 Å². The fraction of sp³-hybridized carbons (Fsp3) is 0.238. The summed E-state index contributed by atoms with van der Waals surface area (Å²) >= 11 is 0. The molecule has 0 aliphatic carbocycles. The zero-order valence-corrected chi connectivity index (χ0v) is 15.2. The Balaban J connectivity index is 2.17. The molecule has 0 aliphatic heterocycles. The molecule has 0 heterocycles. The average Bonchev–Trinajstić information content (AvgIpc) is 2.66. The van der Waals surface area contributed by atoms with Gasteiger partial charge in [0.25, 0.3) is 5.91 Å². The molecule has 0 saturated carbocycles. The molecule has 0 aliphatic rings. The van der Waals surface area contributed by atoms with Crippen LogP contribution in [0.1, 0.15) is 23.6 Å². The lowest BCUT2D eigenvalue weighted by Gasteiger charge is -2.12. The third-order valence-corrected chi connectivity index (χ3v) is 3.72. The molecule has 1 amide bonds. The van der Waals surface area contributed by atoms with E-state index in [1.165, 1.54) is 11.6 Å². The lowest BCUT2D eigenvalue weighted by atomic mass is 10.1.